The van der Waals surface area contributed by atoms with Gasteiger partial charge in [0.1, 0.15) is 18.5 Å². The van der Waals surface area contributed by atoms with E-state index >= 15 is 0 Å². The van der Waals surface area contributed by atoms with Crippen molar-refractivity contribution in [2.75, 3.05) is 18.5 Å². The van der Waals surface area contributed by atoms with Crippen LogP contribution in [-0.2, 0) is 18.4 Å². The number of nitrogens with zero attached hydrogens (tertiary/aromatic N) is 3. The number of H-pyrrole nitrogens is 1. The molecule has 30 heavy (non-hydrogen) atoms. The van der Waals surface area contributed by atoms with Gasteiger partial charge in [-0.15, -0.1) is 0 Å². The minimum absolute atomic E-state index is 0.0447. The number of hydrazine groups is 1. The predicted molar refractivity (Wildman–Crippen MR) is 109 cm³/mol. The monoisotopic (exact) mass is 417 g/mol. The largest absolute Gasteiger partial charge is 0.491 e. The van der Waals surface area contributed by atoms with Gasteiger partial charge in [-0.2, -0.15) is 4.98 Å². The molecule has 2 aromatic heterocycles. The third-order valence-electron chi connectivity index (χ3n) is 4.49. The fourth-order valence-corrected chi connectivity index (χ4v) is 2.93. The number of anilines is 1. The normalized spacial score (nSPS) is 12.0. The number of aliphatic hydroxyl groups is 1. The Morgan fingerprint density at radius 2 is 2.10 bits per heavy atom. The van der Waals surface area contributed by atoms with Crippen molar-refractivity contribution in [1.82, 2.24) is 24.5 Å². The van der Waals surface area contributed by atoms with Crippen molar-refractivity contribution in [3.05, 3.63) is 50.7 Å². The van der Waals surface area contributed by atoms with Crippen molar-refractivity contribution >= 4 is 23.0 Å². The lowest BCUT2D eigenvalue weighted by Gasteiger charge is -2.16. The highest BCUT2D eigenvalue weighted by Gasteiger charge is 2.20. The summed E-state index contributed by atoms with van der Waals surface area (Å²) in [4.78, 5) is 42.2. The second kappa shape index (κ2) is 8.80. The van der Waals surface area contributed by atoms with Gasteiger partial charge in [-0.05, 0) is 18.6 Å². The Morgan fingerprint density at radius 1 is 1.37 bits per heavy atom. The van der Waals surface area contributed by atoms with E-state index < -0.39 is 23.3 Å². The Kier molecular flexibility index (Phi) is 6.18. The average Bonchev–Trinajstić information content (AvgIpc) is 3.08. The SMILES string of the molecule is Cc1ccccc1OCC(O)Cn1c(NCC(=O)NN)nc2c1c(=O)[nH]c(=O)n2C. The molecular formula is C18H23N7O5. The van der Waals surface area contributed by atoms with Crippen molar-refractivity contribution in [2.45, 2.75) is 19.6 Å². The van der Waals surface area contributed by atoms with Crippen molar-refractivity contribution in [2.24, 2.45) is 12.9 Å². The van der Waals surface area contributed by atoms with Gasteiger partial charge in [0, 0.05) is 7.05 Å². The molecular weight excluding hydrogens is 394 g/mol. The number of carbonyl (C=O) groups is 1. The van der Waals surface area contributed by atoms with Gasteiger partial charge in [0.05, 0.1) is 13.1 Å². The summed E-state index contributed by atoms with van der Waals surface area (Å²) in [6.07, 6.45) is -1.01. The molecule has 1 aromatic carbocycles. The maximum atomic E-state index is 12.4. The van der Waals surface area contributed by atoms with Crippen LogP contribution < -0.4 is 32.6 Å². The molecule has 0 saturated carbocycles. The number of aliphatic hydroxyl groups excluding tert-OH is 1. The molecule has 0 radical (unpaired) electrons. The van der Waals surface area contributed by atoms with Crippen LogP contribution in [0.2, 0.25) is 0 Å². The van der Waals surface area contributed by atoms with Gasteiger partial charge >= 0.3 is 5.69 Å². The van der Waals surface area contributed by atoms with Crippen LogP contribution >= 0.6 is 0 Å². The number of nitrogens with two attached hydrogens (primary N) is 1. The lowest BCUT2D eigenvalue weighted by molar-refractivity contribution is -0.119. The number of para-hydroxylation sites is 1. The number of amides is 1. The van der Waals surface area contributed by atoms with Crippen LogP contribution in [0.5, 0.6) is 5.75 Å². The molecule has 1 atom stereocenters. The average molecular weight is 417 g/mol. The number of ether oxygens (including phenoxy) is 1. The molecule has 6 N–H and O–H groups in total. The van der Waals surface area contributed by atoms with Crippen molar-refractivity contribution in [3.8, 4) is 5.75 Å². The molecule has 3 rings (SSSR count). The van der Waals surface area contributed by atoms with E-state index in [1.54, 1.807) is 6.07 Å². The van der Waals surface area contributed by atoms with Crippen LogP contribution in [0.3, 0.4) is 0 Å². The van der Waals surface area contributed by atoms with Crippen LogP contribution in [0.1, 0.15) is 5.56 Å². The zero-order valence-electron chi connectivity index (χ0n) is 16.5. The smallest absolute Gasteiger partial charge is 0.329 e. The Morgan fingerprint density at radius 3 is 2.80 bits per heavy atom. The minimum Gasteiger partial charge on any atom is -0.491 e. The molecule has 0 saturated heterocycles. The Hall–Kier alpha value is -3.64. The highest BCUT2D eigenvalue weighted by molar-refractivity contribution is 5.81. The number of carbonyl (C=O) groups excluding carboxylic acids is 1. The summed E-state index contributed by atoms with van der Waals surface area (Å²) < 4.78 is 8.22. The first-order chi connectivity index (χ1) is 14.3. The maximum Gasteiger partial charge on any atom is 0.329 e. The topological polar surface area (TPSA) is 169 Å². The van der Waals surface area contributed by atoms with Crippen LogP contribution in [0.4, 0.5) is 5.95 Å². The predicted octanol–water partition coefficient (Wildman–Crippen LogP) is -1.43. The molecule has 3 aromatic rings. The molecule has 160 valence electrons. The molecule has 2 heterocycles. The van der Waals surface area contributed by atoms with Crippen LogP contribution in [0.25, 0.3) is 11.2 Å². The summed E-state index contributed by atoms with van der Waals surface area (Å²) in [5, 5.41) is 13.3. The molecule has 12 heteroatoms. The van der Waals surface area contributed by atoms with Gasteiger partial charge in [-0.25, -0.2) is 10.6 Å². The summed E-state index contributed by atoms with van der Waals surface area (Å²) >= 11 is 0. The first kappa shape index (κ1) is 21.1. The molecule has 0 aliphatic rings. The third-order valence-corrected chi connectivity index (χ3v) is 4.49. The van der Waals surface area contributed by atoms with Gasteiger partial charge < -0.3 is 19.7 Å². The van der Waals surface area contributed by atoms with Crippen LogP contribution in [0, 0.1) is 6.92 Å². The molecule has 1 unspecified atom stereocenters. The number of aromatic amines is 1. The summed E-state index contributed by atoms with van der Waals surface area (Å²) in [5.41, 5.74) is 1.77. The number of hydrogen-bond acceptors (Lipinski definition) is 8. The van der Waals surface area contributed by atoms with Crippen molar-refractivity contribution in [3.63, 3.8) is 0 Å². The molecule has 0 fully saturated rings. The zero-order valence-corrected chi connectivity index (χ0v) is 16.5. The van der Waals surface area contributed by atoms with Crippen molar-refractivity contribution < 1.29 is 14.6 Å². The molecule has 0 aliphatic carbocycles. The summed E-state index contributed by atoms with van der Waals surface area (Å²) in [6, 6.07) is 7.37. The van der Waals surface area contributed by atoms with Gasteiger partial charge in [0.2, 0.25) is 5.95 Å². The van der Waals surface area contributed by atoms with Crippen molar-refractivity contribution in [1.29, 1.82) is 0 Å². The standard InChI is InChI=1S/C18H23N7O5/c1-10-5-3-4-6-12(10)30-9-11(26)8-25-14-15(24(2)18(29)22-16(14)28)21-17(25)20-7-13(27)23-19/h3-6,11,26H,7-9,19H2,1-2H3,(H,20,21)(H,23,27)(H,22,28,29). The third kappa shape index (κ3) is 4.34. The number of hydrogen-bond donors (Lipinski definition) is 5. The zero-order chi connectivity index (χ0) is 21.8. The summed E-state index contributed by atoms with van der Waals surface area (Å²) in [5.74, 6) is 5.32. The first-order valence-corrected chi connectivity index (χ1v) is 9.11. The van der Waals surface area contributed by atoms with Gasteiger partial charge in [-0.1, -0.05) is 18.2 Å². The van der Waals surface area contributed by atoms with E-state index in [0.29, 0.717) is 5.75 Å². The van der Waals surface area contributed by atoms with Gasteiger partial charge in [0.25, 0.3) is 11.5 Å². The fraction of sp³-hybridized carbons (Fsp3) is 0.333. The van der Waals surface area contributed by atoms with Gasteiger partial charge in [-0.3, -0.25) is 24.6 Å². The second-order valence-corrected chi connectivity index (χ2v) is 6.69. The van der Waals surface area contributed by atoms with E-state index in [9.17, 15) is 19.5 Å². The van der Waals surface area contributed by atoms with Crippen LogP contribution in [-0.4, -0.2) is 49.4 Å². The van der Waals surface area contributed by atoms with E-state index in [0.717, 1.165) is 10.1 Å². The number of benzene rings is 1. The molecule has 12 nitrogen and oxygen atoms in total. The maximum absolute atomic E-state index is 12.4. The van der Waals surface area contributed by atoms with E-state index in [-0.39, 0.29) is 36.8 Å². The highest BCUT2D eigenvalue weighted by Crippen LogP contribution is 2.18. The summed E-state index contributed by atoms with van der Waals surface area (Å²) in [6.45, 7) is 1.55. The highest BCUT2D eigenvalue weighted by atomic mass is 16.5. The molecule has 0 spiro atoms. The number of aryl methyl sites for hydroxylation is 2. The lowest BCUT2D eigenvalue weighted by Crippen LogP contribution is -2.35. The molecule has 0 aliphatic heterocycles. The number of rotatable bonds is 8. The van der Waals surface area contributed by atoms with Gasteiger partial charge in [0.15, 0.2) is 11.2 Å². The van der Waals surface area contributed by atoms with Crippen LogP contribution in [0.15, 0.2) is 33.9 Å². The van der Waals surface area contributed by atoms with E-state index in [1.807, 2.05) is 30.5 Å². The first-order valence-electron chi connectivity index (χ1n) is 9.11. The number of imidazole rings is 1. The molecule has 1 amide bonds. The number of aromatic nitrogens is 4. The number of nitrogens with one attached hydrogen (secondary N) is 3. The Bertz CT molecular complexity index is 1180. The second-order valence-electron chi connectivity index (χ2n) is 6.69. The fourth-order valence-electron chi connectivity index (χ4n) is 2.93. The Balaban J connectivity index is 1.90. The summed E-state index contributed by atoms with van der Waals surface area (Å²) in [7, 11) is 1.45. The van der Waals surface area contributed by atoms with E-state index in [4.69, 9.17) is 10.6 Å². The van der Waals surface area contributed by atoms with E-state index in [1.165, 1.54) is 11.6 Å². The molecule has 0 bridgehead atoms. The quantitative estimate of drug-likeness (QED) is 0.169. The number of fused-ring (bicyclic) bond motifs is 1. The minimum atomic E-state index is -1.01. The lowest BCUT2D eigenvalue weighted by atomic mass is 10.2. The van der Waals surface area contributed by atoms with E-state index in [2.05, 4.69) is 15.3 Å². The Labute approximate surface area is 170 Å².